The Morgan fingerprint density at radius 1 is 1.46 bits per heavy atom. The van der Waals surface area contributed by atoms with Crippen LogP contribution in [0.1, 0.15) is 5.56 Å². The highest BCUT2D eigenvalue weighted by molar-refractivity contribution is 5.76. The summed E-state index contributed by atoms with van der Waals surface area (Å²) in [5, 5.41) is 13.1. The molecule has 3 heteroatoms. The summed E-state index contributed by atoms with van der Waals surface area (Å²) in [6, 6.07) is 7.17. The molecule has 0 bridgehead atoms. The van der Waals surface area contributed by atoms with E-state index in [1.807, 2.05) is 25.1 Å². The van der Waals surface area contributed by atoms with Crippen LogP contribution >= 0.6 is 0 Å². The van der Waals surface area contributed by atoms with Crippen LogP contribution < -0.4 is 5.36 Å². The SMILES string of the molecule is Cc1ccc2/c(=N\O)c[c]oc2c1. The van der Waals surface area contributed by atoms with E-state index in [0.29, 0.717) is 10.9 Å². The van der Waals surface area contributed by atoms with Gasteiger partial charge in [-0.15, -0.1) is 0 Å². The van der Waals surface area contributed by atoms with Crippen molar-refractivity contribution in [2.45, 2.75) is 6.92 Å². The molecule has 1 heterocycles. The van der Waals surface area contributed by atoms with Gasteiger partial charge in [-0.3, -0.25) is 0 Å². The Kier molecular flexibility index (Phi) is 1.77. The van der Waals surface area contributed by atoms with Crippen molar-refractivity contribution in [3.05, 3.63) is 41.4 Å². The van der Waals surface area contributed by atoms with E-state index in [-0.39, 0.29) is 0 Å². The van der Waals surface area contributed by atoms with Crippen LogP contribution in [0.25, 0.3) is 11.0 Å². The molecule has 1 radical (unpaired) electrons. The van der Waals surface area contributed by atoms with E-state index in [2.05, 4.69) is 11.4 Å². The average Bonchev–Trinajstić information content (AvgIpc) is 2.16. The molecule has 0 spiro atoms. The molecule has 65 valence electrons. The van der Waals surface area contributed by atoms with Gasteiger partial charge in [0.25, 0.3) is 0 Å². The molecule has 3 nitrogen and oxygen atoms in total. The molecule has 13 heavy (non-hydrogen) atoms. The number of rotatable bonds is 0. The summed E-state index contributed by atoms with van der Waals surface area (Å²) in [5.74, 6) is 0. The van der Waals surface area contributed by atoms with Gasteiger partial charge in [-0.1, -0.05) is 11.2 Å². The van der Waals surface area contributed by atoms with Crippen molar-refractivity contribution in [3.8, 4) is 0 Å². The summed E-state index contributed by atoms with van der Waals surface area (Å²) < 4.78 is 5.14. The molecule has 0 saturated heterocycles. The highest BCUT2D eigenvalue weighted by Gasteiger charge is 1.97. The van der Waals surface area contributed by atoms with E-state index in [0.717, 1.165) is 10.9 Å². The first-order valence-corrected chi connectivity index (χ1v) is 3.90. The molecule has 0 aliphatic carbocycles. The summed E-state index contributed by atoms with van der Waals surface area (Å²) in [6.07, 6.45) is 2.55. The standard InChI is InChI=1S/C10H8NO2/c1-7-2-3-8-9(11-12)4-5-13-10(8)6-7/h2-4,6,12H,1H3/b11-9-. The predicted molar refractivity (Wildman–Crippen MR) is 47.1 cm³/mol. The molecular weight excluding hydrogens is 166 g/mol. The second-order valence-corrected chi connectivity index (χ2v) is 2.85. The van der Waals surface area contributed by atoms with Crippen molar-refractivity contribution in [1.82, 2.24) is 0 Å². The molecule has 0 aliphatic rings. The van der Waals surface area contributed by atoms with Gasteiger partial charge in [0.1, 0.15) is 10.9 Å². The molecule has 1 aromatic heterocycles. The lowest BCUT2D eigenvalue weighted by molar-refractivity contribution is 0.302. The van der Waals surface area contributed by atoms with Crippen molar-refractivity contribution >= 4 is 11.0 Å². The second kappa shape index (κ2) is 2.94. The van der Waals surface area contributed by atoms with Gasteiger partial charge in [-0.25, -0.2) is 0 Å². The summed E-state index contributed by atoms with van der Waals surface area (Å²) in [5.41, 5.74) is 1.77. The fourth-order valence-corrected chi connectivity index (χ4v) is 1.23. The lowest BCUT2D eigenvalue weighted by atomic mass is 10.1. The fraction of sp³-hybridized carbons (Fsp3) is 0.100. The Bertz CT molecular complexity index is 499. The zero-order valence-electron chi connectivity index (χ0n) is 7.11. The Morgan fingerprint density at radius 3 is 3.08 bits per heavy atom. The zero-order valence-corrected chi connectivity index (χ0v) is 7.11. The smallest absolute Gasteiger partial charge is 0.172 e. The van der Waals surface area contributed by atoms with Gasteiger partial charge in [-0.2, -0.15) is 0 Å². The van der Waals surface area contributed by atoms with Crippen molar-refractivity contribution in [2.24, 2.45) is 5.16 Å². The number of benzene rings is 1. The van der Waals surface area contributed by atoms with Crippen molar-refractivity contribution < 1.29 is 9.62 Å². The molecule has 0 amide bonds. The van der Waals surface area contributed by atoms with Crippen LogP contribution in [0, 0.1) is 13.2 Å². The monoisotopic (exact) mass is 174 g/mol. The number of fused-ring (bicyclic) bond motifs is 1. The van der Waals surface area contributed by atoms with Gasteiger partial charge >= 0.3 is 0 Å². The first-order chi connectivity index (χ1) is 6.31. The third kappa shape index (κ3) is 1.28. The number of aryl methyl sites for hydroxylation is 1. The Balaban J connectivity index is 2.94. The first kappa shape index (κ1) is 7.86. The normalized spacial score (nSPS) is 12.2. The van der Waals surface area contributed by atoms with Crippen LogP contribution in [0.2, 0.25) is 0 Å². The average molecular weight is 174 g/mol. The van der Waals surface area contributed by atoms with E-state index in [4.69, 9.17) is 9.62 Å². The molecule has 0 aliphatic heterocycles. The van der Waals surface area contributed by atoms with Crippen LogP contribution in [0.4, 0.5) is 0 Å². The maximum absolute atomic E-state index is 8.67. The minimum atomic E-state index is 0.473. The predicted octanol–water partition coefficient (Wildman–Crippen LogP) is 1.83. The quantitative estimate of drug-likeness (QED) is 0.489. The molecule has 0 unspecified atom stereocenters. The van der Waals surface area contributed by atoms with Crippen LogP contribution in [-0.2, 0) is 0 Å². The van der Waals surface area contributed by atoms with E-state index < -0.39 is 0 Å². The molecule has 1 aromatic carbocycles. The number of hydrogen-bond donors (Lipinski definition) is 1. The first-order valence-electron chi connectivity index (χ1n) is 3.90. The van der Waals surface area contributed by atoms with Crippen LogP contribution in [0.3, 0.4) is 0 Å². The molecule has 1 N–H and O–H groups in total. The van der Waals surface area contributed by atoms with Gasteiger partial charge in [0.2, 0.25) is 0 Å². The third-order valence-corrected chi connectivity index (χ3v) is 1.89. The fourth-order valence-electron chi connectivity index (χ4n) is 1.23. The highest BCUT2D eigenvalue weighted by atomic mass is 16.4. The van der Waals surface area contributed by atoms with Gasteiger partial charge in [0.15, 0.2) is 6.26 Å². The van der Waals surface area contributed by atoms with Crippen molar-refractivity contribution in [2.75, 3.05) is 0 Å². The van der Waals surface area contributed by atoms with Gasteiger partial charge in [0.05, 0.1) is 0 Å². The minimum Gasteiger partial charge on any atom is -0.453 e. The largest absolute Gasteiger partial charge is 0.453 e. The molecule has 2 rings (SSSR count). The summed E-state index contributed by atoms with van der Waals surface area (Å²) in [6.45, 7) is 1.97. The number of hydrogen-bond acceptors (Lipinski definition) is 3. The topological polar surface area (TPSA) is 45.7 Å². The summed E-state index contributed by atoms with van der Waals surface area (Å²) >= 11 is 0. The van der Waals surface area contributed by atoms with Gasteiger partial charge in [-0.05, 0) is 24.6 Å². The van der Waals surface area contributed by atoms with E-state index in [1.165, 1.54) is 6.07 Å². The van der Waals surface area contributed by atoms with Crippen molar-refractivity contribution in [1.29, 1.82) is 0 Å². The number of nitrogens with zero attached hydrogens (tertiary/aromatic N) is 1. The van der Waals surface area contributed by atoms with E-state index in [9.17, 15) is 0 Å². The van der Waals surface area contributed by atoms with Gasteiger partial charge in [0, 0.05) is 11.5 Å². The Hall–Kier alpha value is -1.77. The lowest BCUT2D eigenvalue weighted by Crippen LogP contribution is -2.01. The molecule has 0 fully saturated rings. The highest BCUT2D eigenvalue weighted by Crippen LogP contribution is 2.10. The molecular formula is C10H8NO2. The van der Waals surface area contributed by atoms with Crippen LogP contribution in [0.5, 0.6) is 0 Å². The second-order valence-electron chi connectivity index (χ2n) is 2.85. The Labute approximate surface area is 74.9 Å². The Morgan fingerprint density at radius 2 is 2.31 bits per heavy atom. The maximum Gasteiger partial charge on any atom is 0.172 e. The summed E-state index contributed by atoms with van der Waals surface area (Å²) in [7, 11) is 0. The third-order valence-electron chi connectivity index (χ3n) is 1.89. The van der Waals surface area contributed by atoms with Crippen LogP contribution in [-0.4, -0.2) is 5.21 Å². The van der Waals surface area contributed by atoms with Gasteiger partial charge < -0.3 is 9.62 Å². The van der Waals surface area contributed by atoms with E-state index >= 15 is 0 Å². The summed E-state index contributed by atoms with van der Waals surface area (Å²) in [4.78, 5) is 0. The minimum absolute atomic E-state index is 0.473. The van der Waals surface area contributed by atoms with E-state index in [1.54, 1.807) is 0 Å². The van der Waals surface area contributed by atoms with Crippen molar-refractivity contribution in [3.63, 3.8) is 0 Å². The molecule has 0 saturated carbocycles. The maximum atomic E-state index is 8.67. The lowest BCUT2D eigenvalue weighted by Gasteiger charge is -1.96. The zero-order chi connectivity index (χ0) is 9.26. The molecule has 0 atom stereocenters. The van der Waals surface area contributed by atoms with Crippen LogP contribution in [0.15, 0.2) is 33.8 Å². The molecule has 2 aromatic rings.